The maximum Gasteiger partial charge on any atom is 0.139 e. The van der Waals surface area contributed by atoms with Crippen molar-refractivity contribution in [1.82, 2.24) is 0 Å². The Hall–Kier alpha value is -0.180. The Morgan fingerprint density at radius 2 is 1.53 bits per heavy atom. The van der Waals surface area contributed by atoms with E-state index in [1.54, 1.807) is 0 Å². The van der Waals surface area contributed by atoms with Gasteiger partial charge >= 0.3 is 0 Å². The molecule has 84 valence electrons. The van der Waals surface area contributed by atoms with Gasteiger partial charge in [0.05, 0.1) is 0 Å². The Bertz CT molecular complexity index is 293. The van der Waals surface area contributed by atoms with Crippen molar-refractivity contribution in [2.45, 2.75) is 55.4 Å². The zero-order valence-corrected chi connectivity index (χ0v) is 9.80. The van der Waals surface area contributed by atoms with Crippen LogP contribution in [0.25, 0.3) is 0 Å². The summed E-state index contributed by atoms with van der Waals surface area (Å²) in [6.45, 7) is 0. The van der Waals surface area contributed by atoms with Gasteiger partial charge < -0.3 is 0 Å². The largest absolute Gasteiger partial charge is 0.299 e. The Labute approximate surface area is 93.3 Å². The van der Waals surface area contributed by atoms with Gasteiger partial charge in [-0.3, -0.25) is 9.00 Å². The zero-order chi connectivity index (χ0) is 10.4. The summed E-state index contributed by atoms with van der Waals surface area (Å²) >= 11 is 0. The Balaban J connectivity index is 1.69. The molecule has 2 heterocycles. The van der Waals surface area contributed by atoms with Crippen LogP contribution in [0.4, 0.5) is 0 Å². The molecule has 2 atom stereocenters. The second-order valence-corrected chi connectivity index (χ2v) is 7.34. The van der Waals surface area contributed by atoms with Crippen LogP contribution in [0, 0.1) is 11.8 Å². The first-order chi connectivity index (χ1) is 7.25. The summed E-state index contributed by atoms with van der Waals surface area (Å²) < 4.78 is 11.8. The van der Waals surface area contributed by atoms with E-state index in [2.05, 4.69) is 0 Å². The molecular formula is C12H18O2S. The van der Waals surface area contributed by atoms with E-state index in [9.17, 15) is 9.00 Å². The third-order valence-electron chi connectivity index (χ3n) is 4.47. The summed E-state index contributed by atoms with van der Waals surface area (Å²) in [5, 5.41) is 0.718. The minimum Gasteiger partial charge on any atom is -0.299 e. The van der Waals surface area contributed by atoms with E-state index >= 15 is 0 Å². The molecule has 0 N–H and O–H groups in total. The van der Waals surface area contributed by atoms with Crippen molar-refractivity contribution >= 4 is 16.6 Å². The van der Waals surface area contributed by atoms with Crippen molar-refractivity contribution in [2.75, 3.05) is 0 Å². The number of carbonyl (C=O) groups excluding carboxylic acids is 1. The minimum absolute atomic E-state index is 0.269. The van der Waals surface area contributed by atoms with Gasteiger partial charge in [0.1, 0.15) is 5.78 Å². The van der Waals surface area contributed by atoms with Gasteiger partial charge in [0, 0.05) is 33.1 Å². The summed E-state index contributed by atoms with van der Waals surface area (Å²) in [5.41, 5.74) is 0. The molecule has 2 aliphatic heterocycles. The summed E-state index contributed by atoms with van der Waals surface area (Å²) in [6, 6.07) is 0. The van der Waals surface area contributed by atoms with Gasteiger partial charge in [-0.05, 0) is 38.5 Å². The highest BCUT2D eigenvalue weighted by Crippen LogP contribution is 2.41. The number of Topliss-reactive ketones (excluding diaryl/α,β-unsaturated/α-hetero) is 1. The molecule has 2 bridgehead atoms. The van der Waals surface area contributed by atoms with Crippen LogP contribution in [0.15, 0.2) is 0 Å². The molecule has 2 saturated heterocycles. The van der Waals surface area contributed by atoms with Crippen LogP contribution < -0.4 is 0 Å². The molecule has 3 heteroatoms. The topological polar surface area (TPSA) is 34.1 Å². The molecule has 2 unspecified atom stereocenters. The molecular weight excluding hydrogens is 208 g/mol. The molecule has 0 aromatic heterocycles. The fourth-order valence-corrected chi connectivity index (χ4v) is 5.42. The molecule has 0 aromatic rings. The summed E-state index contributed by atoms with van der Waals surface area (Å²) in [7, 11) is -0.605. The molecule has 1 saturated carbocycles. The monoisotopic (exact) mass is 226 g/mol. The predicted molar refractivity (Wildman–Crippen MR) is 60.0 cm³/mol. The van der Waals surface area contributed by atoms with E-state index in [-0.39, 0.29) is 5.92 Å². The van der Waals surface area contributed by atoms with Gasteiger partial charge in [0.2, 0.25) is 0 Å². The van der Waals surface area contributed by atoms with E-state index in [4.69, 9.17) is 0 Å². The molecule has 0 amide bonds. The molecule has 1 aliphatic carbocycles. The lowest BCUT2D eigenvalue weighted by molar-refractivity contribution is -0.129. The molecule has 15 heavy (non-hydrogen) atoms. The molecule has 0 aromatic carbocycles. The highest BCUT2D eigenvalue weighted by molar-refractivity contribution is 7.86. The average Bonchev–Trinajstić information content (AvgIpc) is 2.37. The van der Waals surface area contributed by atoms with Crippen LogP contribution in [-0.4, -0.2) is 20.5 Å². The van der Waals surface area contributed by atoms with Crippen molar-refractivity contribution in [2.24, 2.45) is 11.8 Å². The fourth-order valence-electron chi connectivity index (χ4n) is 3.29. The highest BCUT2D eigenvalue weighted by Gasteiger charge is 2.44. The van der Waals surface area contributed by atoms with Crippen LogP contribution in [0.2, 0.25) is 0 Å². The third kappa shape index (κ3) is 1.59. The van der Waals surface area contributed by atoms with E-state index in [0.29, 0.717) is 22.2 Å². The lowest BCUT2D eigenvalue weighted by atomic mass is 9.76. The van der Waals surface area contributed by atoms with Crippen molar-refractivity contribution < 1.29 is 9.00 Å². The predicted octanol–water partition coefficient (Wildman–Crippen LogP) is 2.05. The molecule has 2 nitrogen and oxygen atoms in total. The molecule has 3 aliphatic rings. The number of rotatable bonds is 2. The van der Waals surface area contributed by atoms with Crippen molar-refractivity contribution in [3.8, 4) is 0 Å². The molecule has 3 rings (SSSR count). The van der Waals surface area contributed by atoms with Crippen LogP contribution >= 0.6 is 0 Å². The summed E-state index contributed by atoms with van der Waals surface area (Å²) in [5.74, 6) is 1.15. The molecule has 3 fully saturated rings. The molecule has 0 radical (unpaired) electrons. The fraction of sp³-hybridized carbons (Fsp3) is 0.917. The number of carbonyl (C=O) groups is 1. The van der Waals surface area contributed by atoms with Crippen LogP contribution in [-0.2, 0) is 15.6 Å². The van der Waals surface area contributed by atoms with Crippen molar-refractivity contribution in [3.63, 3.8) is 0 Å². The maximum atomic E-state index is 12.1. The number of hydrogen-bond acceptors (Lipinski definition) is 2. The second-order valence-electron chi connectivity index (χ2n) is 5.35. The van der Waals surface area contributed by atoms with E-state index in [0.717, 1.165) is 38.5 Å². The van der Waals surface area contributed by atoms with E-state index < -0.39 is 10.8 Å². The lowest BCUT2D eigenvalue weighted by Crippen LogP contribution is -2.36. The standard InChI is InChI=1S/C12H18O2S/c13-12(8-2-1-3-8)9-6-10-4-5-11(7-9)15(10)14/h8-11H,1-7H2. The van der Waals surface area contributed by atoms with Gasteiger partial charge in [-0.25, -0.2) is 0 Å². The quantitative estimate of drug-likeness (QED) is 0.722. The first-order valence-electron chi connectivity index (χ1n) is 6.19. The van der Waals surface area contributed by atoms with Gasteiger partial charge in [-0.1, -0.05) is 6.42 Å². The van der Waals surface area contributed by atoms with E-state index in [1.807, 2.05) is 0 Å². The number of hydrogen-bond donors (Lipinski definition) is 0. The summed E-state index contributed by atoms with van der Waals surface area (Å²) in [4.78, 5) is 12.1. The van der Waals surface area contributed by atoms with Crippen LogP contribution in [0.3, 0.4) is 0 Å². The molecule has 0 spiro atoms. The maximum absolute atomic E-state index is 12.1. The van der Waals surface area contributed by atoms with E-state index in [1.165, 1.54) is 6.42 Å². The average molecular weight is 226 g/mol. The van der Waals surface area contributed by atoms with Gasteiger partial charge in [0.15, 0.2) is 0 Å². The number of ketones is 1. The normalized spacial score (nSPS) is 45.1. The summed E-state index contributed by atoms with van der Waals surface area (Å²) in [6.07, 6.45) is 7.54. The van der Waals surface area contributed by atoms with Crippen molar-refractivity contribution in [1.29, 1.82) is 0 Å². The SMILES string of the molecule is O=C(C1CCC1)C1CC2CCC(C1)S2=O. The first-order valence-corrected chi connectivity index (χ1v) is 7.46. The highest BCUT2D eigenvalue weighted by atomic mass is 32.2. The van der Waals surface area contributed by atoms with Crippen molar-refractivity contribution in [3.05, 3.63) is 0 Å². The first kappa shape index (κ1) is 10.0. The second kappa shape index (κ2) is 3.69. The van der Waals surface area contributed by atoms with Gasteiger partial charge in [0.25, 0.3) is 0 Å². The number of fused-ring (bicyclic) bond motifs is 2. The zero-order valence-electron chi connectivity index (χ0n) is 8.98. The lowest BCUT2D eigenvalue weighted by Gasteiger charge is -2.32. The third-order valence-corrected chi connectivity index (χ3v) is 6.64. The van der Waals surface area contributed by atoms with Crippen LogP contribution in [0.1, 0.15) is 44.9 Å². The van der Waals surface area contributed by atoms with Crippen LogP contribution in [0.5, 0.6) is 0 Å². The van der Waals surface area contributed by atoms with Gasteiger partial charge in [-0.15, -0.1) is 0 Å². The Kier molecular flexibility index (Phi) is 2.46. The Morgan fingerprint density at radius 3 is 2.00 bits per heavy atom. The smallest absolute Gasteiger partial charge is 0.139 e. The van der Waals surface area contributed by atoms with Gasteiger partial charge in [-0.2, -0.15) is 0 Å². The minimum atomic E-state index is -0.605. The Morgan fingerprint density at radius 1 is 0.933 bits per heavy atom.